The molecule has 0 fully saturated rings. The third-order valence-electron chi connectivity index (χ3n) is 5.93. The lowest BCUT2D eigenvalue weighted by atomic mass is 10.1. The van der Waals surface area contributed by atoms with Gasteiger partial charge in [0.25, 0.3) is 0 Å². The summed E-state index contributed by atoms with van der Waals surface area (Å²) >= 11 is 0. The number of halogens is 4. The summed E-state index contributed by atoms with van der Waals surface area (Å²) in [4.78, 5) is 70.9. The van der Waals surface area contributed by atoms with E-state index < -0.39 is 121 Å². The molecule has 0 atom stereocenters. The summed E-state index contributed by atoms with van der Waals surface area (Å²) in [5.41, 5.74) is -5.65. The average molecular weight is 687 g/mol. The fourth-order valence-corrected chi connectivity index (χ4v) is 3.39. The summed E-state index contributed by atoms with van der Waals surface area (Å²) in [6, 6.07) is -2.35. The molecule has 0 spiro atoms. The fourth-order valence-electron chi connectivity index (χ4n) is 3.39. The number of carbonyl (C=O) groups is 6. The molecule has 0 radical (unpaired) electrons. The van der Waals surface area contributed by atoms with Gasteiger partial charge in [-0.15, -0.1) is 0 Å². The topological polar surface area (TPSA) is 187 Å². The van der Waals surface area contributed by atoms with Gasteiger partial charge in [-0.1, -0.05) is 26.3 Å². The molecule has 0 heterocycles. The molecular weight excluding hydrogens is 652 g/mol. The first-order valence-electron chi connectivity index (χ1n) is 13.6. The zero-order chi connectivity index (χ0) is 36.7. The van der Waals surface area contributed by atoms with Crippen molar-refractivity contribution in [2.75, 3.05) is 26.4 Å². The average Bonchev–Trinajstić information content (AvgIpc) is 3.06. The Balaban J connectivity index is 3.05. The number of carbonyl (C=O) groups excluding carboxylic acids is 6. The SMILES string of the molecule is C=CC(=O)OCC(C)(COC(=O)C=C)NC(=O)NCc1c(F)c(F)c(CNC(=O)NC(C)(COC(=O)C=C)COC(=O)C=C)c(F)c1F. The predicted molar refractivity (Wildman–Crippen MR) is 158 cm³/mol. The number of urea groups is 2. The zero-order valence-corrected chi connectivity index (χ0v) is 26.0. The Labute approximate surface area is 272 Å². The number of amides is 4. The first-order chi connectivity index (χ1) is 22.4. The van der Waals surface area contributed by atoms with Gasteiger partial charge in [0, 0.05) is 35.4 Å². The van der Waals surface area contributed by atoms with Crippen molar-refractivity contribution in [3.63, 3.8) is 0 Å². The molecule has 14 nitrogen and oxygen atoms in total. The molecule has 4 N–H and O–H groups in total. The van der Waals surface area contributed by atoms with Gasteiger partial charge in [-0.05, 0) is 13.8 Å². The van der Waals surface area contributed by atoms with E-state index in [1.54, 1.807) is 0 Å². The van der Waals surface area contributed by atoms with Gasteiger partial charge in [0.15, 0.2) is 23.3 Å². The Morgan fingerprint density at radius 3 is 0.979 bits per heavy atom. The number of hydrogen-bond donors (Lipinski definition) is 4. The van der Waals surface area contributed by atoms with Crippen molar-refractivity contribution < 1.29 is 65.3 Å². The van der Waals surface area contributed by atoms with Gasteiger partial charge in [0.05, 0.1) is 13.1 Å². The molecule has 0 unspecified atom stereocenters. The van der Waals surface area contributed by atoms with Crippen LogP contribution in [0.15, 0.2) is 50.6 Å². The predicted octanol–water partition coefficient (Wildman–Crippen LogP) is 2.28. The molecule has 18 heteroatoms. The van der Waals surface area contributed by atoms with Crippen molar-refractivity contribution in [1.82, 2.24) is 21.3 Å². The minimum absolute atomic E-state index is 0.559. The molecule has 1 aromatic rings. The van der Waals surface area contributed by atoms with E-state index >= 15 is 0 Å². The molecule has 48 heavy (non-hydrogen) atoms. The van der Waals surface area contributed by atoms with E-state index in [9.17, 15) is 46.3 Å². The molecular formula is C30H34F4N4O10. The summed E-state index contributed by atoms with van der Waals surface area (Å²) in [7, 11) is 0. The van der Waals surface area contributed by atoms with Gasteiger partial charge in [-0.25, -0.2) is 46.3 Å². The van der Waals surface area contributed by atoms with Gasteiger partial charge in [0.1, 0.15) is 37.5 Å². The maximum Gasteiger partial charge on any atom is 0.330 e. The summed E-state index contributed by atoms with van der Waals surface area (Å²) < 4.78 is 79.0. The van der Waals surface area contributed by atoms with Gasteiger partial charge in [-0.2, -0.15) is 0 Å². The second kappa shape index (κ2) is 18.5. The van der Waals surface area contributed by atoms with E-state index in [1.807, 2.05) is 10.6 Å². The summed E-state index contributed by atoms with van der Waals surface area (Å²) in [6.45, 7) is 11.0. The van der Waals surface area contributed by atoms with Crippen LogP contribution in [-0.4, -0.2) is 73.4 Å². The molecule has 4 amide bonds. The summed E-state index contributed by atoms with van der Waals surface area (Å²) in [6.07, 6.45) is 3.28. The standard InChI is InChI=1S/C30H34F4N4O10/c1-7-19(39)45-13-29(5,14-46-20(40)8-2)37-27(43)35-11-17-23(31)25(33)18(26(34)24(17)32)12-36-28(44)38-30(6,15-47-21(41)9-3)16-48-22(42)10-4/h7-10H,1-4,11-16H2,5-6H3,(H2,35,37,43)(H2,36,38,44). The lowest BCUT2D eigenvalue weighted by molar-refractivity contribution is -0.145. The number of rotatable bonds is 18. The van der Waals surface area contributed by atoms with Crippen molar-refractivity contribution in [3.05, 3.63) is 85.0 Å². The Hall–Kier alpha value is -5.68. The van der Waals surface area contributed by atoms with Gasteiger partial charge >= 0.3 is 35.9 Å². The van der Waals surface area contributed by atoms with E-state index in [4.69, 9.17) is 18.9 Å². The lowest BCUT2D eigenvalue weighted by Crippen LogP contribution is -2.56. The van der Waals surface area contributed by atoms with E-state index in [-0.39, 0.29) is 0 Å². The molecule has 1 rings (SSSR count). The lowest BCUT2D eigenvalue weighted by Gasteiger charge is -2.29. The highest BCUT2D eigenvalue weighted by Crippen LogP contribution is 2.24. The van der Waals surface area contributed by atoms with Crippen LogP contribution < -0.4 is 21.3 Å². The number of benzene rings is 1. The maximum absolute atomic E-state index is 14.9. The number of hydrogen-bond acceptors (Lipinski definition) is 10. The minimum Gasteiger partial charge on any atom is -0.460 e. The van der Waals surface area contributed by atoms with Crippen molar-refractivity contribution in [3.8, 4) is 0 Å². The molecule has 0 aliphatic rings. The van der Waals surface area contributed by atoms with Gasteiger partial charge < -0.3 is 40.2 Å². The molecule has 0 aliphatic heterocycles. The quantitative estimate of drug-likeness (QED) is 0.0587. The normalized spacial score (nSPS) is 10.8. The highest BCUT2D eigenvalue weighted by atomic mass is 19.2. The maximum atomic E-state index is 14.9. The zero-order valence-electron chi connectivity index (χ0n) is 26.0. The Bertz CT molecular complexity index is 1280. The molecule has 0 bridgehead atoms. The van der Waals surface area contributed by atoms with Crippen LogP contribution >= 0.6 is 0 Å². The van der Waals surface area contributed by atoms with E-state index in [1.165, 1.54) is 13.8 Å². The van der Waals surface area contributed by atoms with Crippen LogP contribution in [0.5, 0.6) is 0 Å². The fraction of sp³-hybridized carbons (Fsp3) is 0.333. The highest BCUT2D eigenvalue weighted by Gasteiger charge is 2.33. The molecule has 0 saturated carbocycles. The summed E-state index contributed by atoms with van der Waals surface area (Å²) in [5, 5.41) is 8.51. The van der Waals surface area contributed by atoms with Crippen LogP contribution in [0, 0.1) is 23.3 Å². The van der Waals surface area contributed by atoms with Crippen LogP contribution in [0.1, 0.15) is 25.0 Å². The summed E-state index contributed by atoms with van der Waals surface area (Å²) in [5.74, 6) is -11.2. The van der Waals surface area contributed by atoms with Crippen LogP contribution in [-0.2, 0) is 51.2 Å². The first-order valence-corrected chi connectivity index (χ1v) is 13.6. The van der Waals surface area contributed by atoms with Crippen LogP contribution in [0.25, 0.3) is 0 Å². The smallest absolute Gasteiger partial charge is 0.330 e. The highest BCUT2D eigenvalue weighted by molar-refractivity contribution is 5.83. The third kappa shape index (κ3) is 12.6. The largest absolute Gasteiger partial charge is 0.460 e. The van der Waals surface area contributed by atoms with E-state index in [2.05, 4.69) is 36.9 Å². The van der Waals surface area contributed by atoms with Crippen LogP contribution in [0.3, 0.4) is 0 Å². The van der Waals surface area contributed by atoms with Crippen molar-refractivity contribution >= 4 is 35.9 Å². The van der Waals surface area contributed by atoms with Crippen molar-refractivity contribution in [2.45, 2.75) is 38.0 Å². The number of ether oxygens (including phenoxy) is 4. The minimum atomic E-state index is -1.90. The second-order valence-electron chi connectivity index (χ2n) is 10.2. The van der Waals surface area contributed by atoms with E-state index in [0.717, 1.165) is 24.3 Å². The monoisotopic (exact) mass is 686 g/mol. The Morgan fingerprint density at radius 2 is 0.771 bits per heavy atom. The number of esters is 4. The number of nitrogens with one attached hydrogen (secondary N) is 4. The molecule has 262 valence electrons. The molecule has 0 aliphatic carbocycles. The van der Waals surface area contributed by atoms with Gasteiger partial charge in [0.2, 0.25) is 0 Å². The molecule has 0 aromatic heterocycles. The van der Waals surface area contributed by atoms with Crippen LogP contribution in [0.2, 0.25) is 0 Å². The Kier molecular flexibility index (Phi) is 15.5. The van der Waals surface area contributed by atoms with E-state index in [0.29, 0.717) is 0 Å². The molecule has 1 aromatic carbocycles. The second-order valence-corrected chi connectivity index (χ2v) is 10.2. The van der Waals surface area contributed by atoms with Crippen molar-refractivity contribution in [2.24, 2.45) is 0 Å². The van der Waals surface area contributed by atoms with Crippen molar-refractivity contribution in [1.29, 1.82) is 0 Å². The van der Waals surface area contributed by atoms with Gasteiger partial charge in [-0.3, -0.25) is 0 Å². The third-order valence-corrected chi connectivity index (χ3v) is 5.93. The van der Waals surface area contributed by atoms with Crippen LogP contribution in [0.4, 0.5) is 27.2 Å². The first kappa shape index (κ1) is 40.3. The molecule has 0 saturated heterocycles. The Morgan fingerprint density at radius 1 is 0.542 bits per heavy atom.